The number of halogens is 2. The van der Waals surface area contributed by atoms with Gasteiger partial charge >= 0.3 is 6.09 Å². The minimum Gasteiger partial charge on any atom is -0.444 e. The summed E-state index contributed by atoms with van der Waals surface area (Å²) in [6.45, 7) is 7.90. The van der Waals surface area contributed by atoms with E-state index < -0.39 is 5.60 Å². The van der Waals surface area contributed by atoms with Gasteiger partial charge in [0.15, 0.2) is 0 Å². The lowest BCUT2D eigenvalue weighted by Gasteiger charge is -2.19. The van der Waals surface area contributed by atoms with E-state index in [-0.39, 0.29) is 12.2 Å². The summed E-state index contributed by atoms with van der Waals surface area (Å²) < 4.78 is 5.10. The number of aliphatic hydroxyl groups excluding tert-OH is 1. The highest BCUT2D eigenvalue weighted by molar-refractivity contribution is 6.41. The second kappa shape index (κ2) is 8.76. The minimum absolute atomic E-state index is 0.268. The van der Waals surface area contributed by atoms with Crippen LogP contribution in [0.25, 0.3) is 0 Å². The van der Waals surface area contributed by atoms with Gasteiger partial charge in [0.1, 0.15) is 5.60 Å². The Balaban J connectivity index is 0.000000277. The van der Waals surface area contributed by atoms with Crippen molar-refractivity contribution >= 4 is 29.3 Å². The maximum Gasteiger partial charge on any atom is 0.407 e. The molecule has 1 aromatic rings. The molecule has 0 spiro atoms. The predicted octanol–water partition coefficient (Wildman–Crippen LogP) is 4.52. The molecule has 130 valence electrons. The molecule has 0 aliphatic heterocycles. The Bertz CT molecular complexity index is 494. The fourth-order valence-electron chi connectivity index (χ4n) is 2.06. The quantitative estimate of drug-likeness (QED) is 0.831. The van der Waals surface area contributed by atoms with Crippen molar-refractivity contribution in [1.82, 2.24) is 5.32 Å². The zero-order valence-electron chi connectivity index (χ0n) is 14.0. The molecule has 3 atom stereocenters. The van der Waals surface area contributed by atoms with Gasteiger partial charge in [-0.1, -0.05) is 35.3 Å². The molecule has 0 saturated heterocycles. The molecule has 1 saturated carbocycles. The molecule has 2 rings (SSSR count). The van der Waals surface area contributed by atoms with Crippen LogP contribution in [-0.2, 0) is 4.74 Å². The molecule has 1 aromatic carbocycles. The lowest BCUT2D eigenvalue weighted by molar-refractivity contribution is 0.0522. The molecule has 6 heteroatoms. The molecule has 0 radical (unpaired) electrons. The van der Waals surface area contributed by atoms with Gasteiger partial charge in [0, 0.05) is 6.54 Å². The number of benzene rings is 1. The lowest BCUT2D eigenvalue weighted by atomic mass is 10.2. The second-order valence-electron chi connectivity index (χ2n) is 6.70. The Hall–Kier alpha value is -0.970. The zero-order chi connectivity index (χ0) is 17.6. The summed E-state index contributed by atoms with van der Waals surface area (Å²) in [7, 11) is 0. The predicted molar refractivity (Wildman–Crippen MR) is 94.0 cm³/mol. The van der Waals surface area contributed by atoms with E-state index in [2.05, 4.69) is 5.32 Å². The van der Waals surface area contributed by atoms with Crippen molar-refractivity contribution in [3.8, 4) is 0 Å². The van der Waals surface area contributed by atoms with Crippen LogP contribution in [0.4, 0.5) is 4.79 Å². The van der Waals surface area contributed by atoms with Crippen molar-refractivity contribution < 1.29 is 14.6 Å². The van der Waals surface area contributed by atoms with Gasteiger partial charge < -0.3 is 15.2 Å². The second-order valence-corrected chi connectivity index (χ2v) is 7.51. The molecule has 1 amide bonds. The van der Waals surface area contributed by atoms with E-state index >= 15 is 0 Å². The van der Waals surface area contributed by atoms with Gasteiger partial charge in [0.2, 0.25) is 0 Å². The number of hydrogen-bond acceptors (Lipinski definition) is 3. The Morgan fingerprint density at radius 1 is 1.35 bits per heavy atom. The van der Waals surface area contributed by atoms with Gasteiger partial charge in [-0.05, 0) is 58.1 Å². The van der Waals surface area contributed by atoms with E-state index in [9.17, 15) is 9.90 Å². The van der Waals surface area contributed by atoms with Crippen LogP contribution < -0.4 is 5.32 Å². The van der Waals surface area contributed by atoms with Gasteiger partial charge in [-0.3, -0.25) is 0 Å². The highest BCUT2D eigenvalue weighted by atomic mass is 35.5. The van der Waals surface area contributed by atoms with Crippen LogP contribution >= 0.6 is 23.2 Å². The number of carbonyl (C=O) groups is 1. The van der Waals surface area contributed by atoms with Crippen molar-refractivity contribution in [2.75, 3.05) is 6.54 Å². The number of alkyl carbamates (subject to hydrolysis) is 1. The number of rotatable bonds is 3. The smallest absolute Gasteiger partial charge is 0.407 e. The Morgan fingerprint density at radius 3 is 2.22 bits per heavy atom. The molecule has 0 aromatic heterocycles. The molecule has 1 aliphatic rings. The van der Waals surface area contributed by atoms with Gasteiger partial charge in [0.05, 0.1) is 16.1 Å². The zero-order valence-corrected chi connectivity index (χ0v) is 15.5. The first-order valence-corrected chi connectivity index (χ1v) is 8.40. The average molecular weight is 362 g/mol. The number of aliphatic hydroxyl groups is 1. The summed E-state index contributed by atoms with van der Waals surface area (Å²) >= 11 is 11.2. The van der Waals surface area contributed by atoms with Gasteiger partial charge in [0.25, 0.3) is 0 Å². The summed E-state index contributed by atoms with van der Waals surface area (Å²) in [4.78, 5) is 11.3. The van der Waals surface area contributed by atoms with Gasteiger partial charge in [-0.2, -0.15) is 0 Å². The molecule has 2 N–H and O–H groups in total. The first-order valence-electron chi connectivity index (χ1n) is 7.65. The van der Waals surface area contributed by atoms with E-state index in [1.165, 1.54) is 0 Å². The third kappa shape index (κ3) is 8.45. The summed E-state index contributed by atoms with van der Waals surface area (Å²) in [5.74, 6) is 0.762. The monoisotopic (exact) mass is 361 g/mol. The largest absolute Gasteiger partial charge is 0.444 e. The first-order chi connectivity index (χ1) is 10.6. The SMILES string of the molecule is CC(O)C1C[C@H]1CNC(=O)OC(C)(C)C.Clc1ccccc1Cl. The fourth-order valence-corrected chi connectivity index (χ4v) is 2.34. The molecule has 4 nitrogen and oxygen atoms in total. The van der Waals surface area contributed by atoms with Crippen molar-refractivity contribution in [1.29, 1.82) is 0 Å². The third-order valence-electron chi connectivity index (χ3n) is 3.33. The number of ether oxygens (including phenoxy) is 1. The molecular formula is C17H25Cl2NO3. The van der Waals surface area contributed by atoms with Crippen LogP contribution in [0.1, 0.15) is 34.1 Å². The summed E-state index contributed by atoms with van der Waals surface area (Å²) in [5.41, 5.74) is -0.447. The topological polar surface area (TPSA) is 58.6 Å². The van der Waals surface area contributed by atoms with E-state index in [1.54, 1.807) is 19.1 Å². The van der Waals surface area contributed by atoms with Crippen LogP contribution in [0.15, 0.2) is 24.3 Å². The molecule has 1 fully saturated rings. The molecule has 0 bridgehead atoms. The summed E-state index contributed by atoms with van der Waals surface area (Å²) in [5, 5.41) is 13.2. The van der Waals surface area contributed by atoms with Crippen LogP contribution in [0.3, 0.4) is 0 Å². The lowest BCUT2D eigenvalue weighted by Crippen LogP contribution is -2.33. The van der Waals surface area contributed by atoms with Crippen LogP contribution in [-0.4, -0.2) is 29.4 Å². The fraction of sp³-hybridized carbons (Fsp3) is 0.588. The minimum atomic E-state index is -0.447. The molecule has 1 aliphatic carbocycles. The summed E-state index contributed by atoms with van der Waals surface area (Å²) in [6, 6.07) is 7.19. The number of carbonyl (C=O) groups excluding carboxylic acids is 1. The summed E-state index contributed by atoms with van der Waals surface area (Å²) in [6.07, 6.45) is 0.349. The maximum atomic E-state index is 11.3. The van der Waals surface area contributed by atoms with Crippen molar-refractivity contribution in [2.45, 2.75) is 45.8 Å². The molecule has 2 unspecified atom stereocenters. The third-order valence-corrected chi connectivity index (χ3v) is 4.08. The van der Waals surface area contributed by atoms with E-state index in [4.69, 9.17) is 27.9 Å². The Labute approximate surface area is 148 Å². The van der Waals surface area contributed by atoms with E-state index in [0.29, 0.717) is 28.4 Å². The Kier molecular flexibility index (Phi) is 7.65. The van der Waals surface area contributed by atoms with Crippen molar-refractivity contribution in [3.63, 3.8) is 0 Å². The molecular weight excluding hydrogens is 337 g/mol. The standard InChI is InChI=1S/C11H21NO3.C6H4Cl2/c1-7(13)9-5-8(9)6-12-10(14)15-11(2,3)4;7-5-3-1-2-4-6(5)8/h7-9,13H,5-6H2,1-4H3,(H,12,14);1-4H/t7?,8-,9?;/m0./s1. The van der Waals surface area contributed by atoms with Crippen molar-refractivity contribution in [3.05, 3.63) is 34.3 Å². The van der Waals surface area contributed by atoms with E-state index in [1.807, 2.05) is 32.9 Å². The first kappa shape index (κ1) is 20.1. The number of hydrogen-bond donors (Lipinski definition) is 2. The maximum absolute atomic E-state index is 11.3. The van der Waals surface area contributed by atoms with Crippen LogP contribution in [0, 0.1) is 11.8 Å². The van der Waals surface area contributed by atoms with E-state index in [0.717, 1.165) is 6.42 Å². The Morgan fingerprint density at radius 2 is 1.87 bits per heavy atom. The van der Waals surface area contributed by atoms with Crippen molar-refractivity contribution in [2.24, 2.45) is 11.8 Å². The van der Waals surface area contributed by atoms with Crippen LogP contribution in [0.5, 0.6) is 0 Å². The number of nitrogens with one attached hydrogen (secondary N) is 1. The average Bonchev–Trinajstić information content (AvgIpc) is 3.18. The molecule has 0 heterocycles. The van der Waals surface area contributed by atoms with Gasteiger partial charge in [-0.15, -0.1) is 0 Å². The van der Waals surface area contributed by atoms with Crippen LogP contribution in [0.2, 0.25) is 10.0 Å². The molecule has 23 heavy (non-hydrogen) atoms. The highest BCUT2D eigenvalue weighted by Crippen LogP contribution is 2.40. The number of amides is 1. The highest BCUT2D eigenvalue weighted by Gasteiger charge is 2.40. The normalized spacial score (nSPS) is 20.8. The van der Waals surface area contributed by atoms with Gasteiger partial charge in [-0.25, -0.2) is 4.79 Å².